The molecule has 3 nitrogen and oxygen atoms in total. The highest BCUT2D eigenvalue weighted by molar-refractivity contribution is 5.92. The van der Waals surface area contributed by atoms with Crippen molar-refractivity contribution in [3.05, 3.63) is 30.5 Å². The third kappa shape index (κ3) is 3.46. The normalized spacial score (nSPS) is 22.3. The van der Waals surface area contributed by atoms with E-state index in [-0.39, 0.29) is 0 Å². The molecule has 1 aliphatic carbocycles. The SMILES string of the molecule is CC1CCC(CCNc2nccc3ccc(O)cc23)CC1. The van der Waals surface area contributed by atoms with E-state index in [0.717, 1.165) is 35.0 Å². The molecule has 1 aromatic heterocycles. The third-order valence-corrected chi connectivity index (χ3v) is 4.73. The van der Waals surface area contributed by atoms with E-state index in [1.165, 1.54) is 32.1 Å². The molecule has 3 heteroatoms. The van der Waals surface area contributed by atoms with Crippen molar-refractivity contribution in [3.63, 3.8) is 0 Å². The second-order valence-corrected chi connectivity index (χ2v) is 6.41. The van der Waals surface area contributed by atoms with Gasteiger partial charge in [-0.3, -0.25) is 0 Å². The number of nitrogens with one attached hydrogen (secondary N) is 1. The van der Waals surface area contributed by atoms with Crippen LogP contribution in [0.4, 0.5) is 5.82 Å². The van der Waals surface area contributed by atoms with Gasteiger partial charge >= 0.3 is 0 Å². The van der Waals surface area contributed by atoms with Crippen LogP contribution in [-0.2, 0) is 0 Å². The van der Waals surface area contributed by atoms with E-state index in [9.17, 15) is 5.11 Å². The average Bonchev–Trinajstić information content (AvgIpc) is 2.50. The van der Waals surface area contributed by atoms with E-state index >= 15 is 0 Å². The summed E-state index contributed by atoms with van der Waals surface area (Å²) >= 11 is 0. The van der Waals surface area contributed by atoms with Crippen molar-refractivity contribution in [2.24, 2.45) is 11.8 Å². The van der Waals surface area contributed by atoms with E-state index in [1.807, 2.05) is 18.3 Å². The van der Waals surface area contributed by atoms with Crippen molar-refractivity contribution in [1.82, 2.24) is 4.98 Å². The zero-order valence-corrected chi connectivity index (χ0v) is 12.7. The maximum atomic E-state index is 9.65. The van der Waals surface area contributed by atoms with Crippen LogP contribution in [0, 0.1) is 11.8 Å². The number of anilines is 1. The maximum absolute atomic E-state index is 9.65. The van der Waals surface area contributed by atoms with Crippen molar-refractivity contribution in [3.8, 4) is 5.75 Å². The summed E-state index contributed by atoms with van der Waals surface area (Å²) in [5.74, 6) is 2.95. The van der Waals surface area contributed by atoms with Crippen molar-refractivity contribution < 1.29 is 5.11 Å². The Morgan fingerprint density at radius 1 is 1.19 bits per heavy atom. The highest BCUT2D eigenvalue weighted by Crippen LogP contribution is 2.30. The topological polar surface area (TPSA) is 45.2 Å². The van der Waals surface area contributed by atoms with E-state index in [1.54, 1.807) is 12.1 Å². The van der Waals surface area contributed by atoms with Crippen molar-refractivity contribution in [2.75, 3.05) is 11.9 Å². The molecule has 0 amide bonds. The largest absolute Gasteiger partial charge is 0.508 e. The minimum atomic E-state index is 0.291. The second kappa shape index (κ2) is 6.33. The Balaban J connectivity index is 1.61. The van der Waals surface area contributed by atoms with Gasteiger partial charge in [0.2, 0.25) is 0 Å². The number of phenols is 1. The summed E-state index contributed by atoms with van der Waals surface area (Å²) in [6.07, 6.45) is 8.53. The minimum Gasteiger partial charge on any atom is -0.508 e. The highest BCUT2D eigenvalue weighted by Gasteiger charge is 2.17. The molecule has 2 aromatic rings. The van der Waals surface area contributed by atoms with Gasteiger partial charge in [-0.15, -0.1) is 0 Å². The van der Waals surface area contributed by atoms with E-state index in [0.29, 0.717) is 5.75 Å². The summed E-state index contributed by atoms with van der Waals surface area (Å²) in [5.41, 5.74) is 0. The fourth-order valence-electron chi connectivity index (χ4n) is 3.31. The standard InChI is InChI=1S/C18H24N2O/c1-13-2-4-14(5-3-13)8-10-19-18-17-12-16(21)7-6-15(17)9-11-20-18/h6-7,9,11-14,21H,2-5,8,10H2,1H3,(H,19,20). The molecule has 1 saturated carbocycles. The van der Waals surface area contributed by atoms with Crippen LogP contribution in [0.3, 0.4) is 0 Å². The Hall–Kier alpha value is -1.77. The second-order valence-electron chi connectivity index (χ2n) is 6.41. The van der Waals surface area contributed by atoms with Crippen molar-refractivity contribution in [2.45, 2.75) is 39.0 Å². The summed E-state index contributed by atoms with van der Waals surface area (Å²) in [6.45, 7) is 3.32. The number of benzene rings is 1. The molecule has 1 aliphatic rings. The zero-order valence-electron chi connectivity index (χ0n) is 12.7. The molecular formula is C18H24N2O. The average molecular weight is 284 g/mol. The van der Waals surface area contributed by atoms with Gasteiger partial charge in [0, 0.05) is 18.1 Å². The molecule has 3 rings (SSSR count). The number of rotatable bonds is 4. The van der Waals surface area contributed by atoms with E-state index in [4.69, 9.17) is 0 Å². The molecule has 0 atom stereocenters. The lowest BCUT2D eigenvalue weighted by atomic mass is 9.81. The maximum Gasteiger partial charge on any atom is 0.133 e. The number of pyridine rings is 1. The number of fused-ring (bicyclic) bond motifs is 1. The first-order chi connectivity index (χ1) is 10.2. The number of hydrogen-bond donors (Lipinski definition) is 2. The van der Waals surface area contributed by atoms with Crippen LogP contribution in [0.25, 0.3) is 10.8 Å². The third-order valence-electron chi connectivity index (χ3n) is 4.73. The van der Waals surface area contributed by atoms with Gasteiger partial charge in [0.25, 0.3) is 0 Å². The molecule has 0 spiro atoms. The van der Waals surface area contributed by atoms with Gasteiger partial charge in [0.15, 0.2) is 0 Å². The lowest BCUT2D eigenvalue weighted by molar-refractivity contribution is 0.282. The van der Waals surface area contributed by atoms with Gasteiger partial charge in [0.1, 0.15) is 11.6 Å². The molecule has 0 bridgehead atoms. The molecule has 0 unspecified atom stereocenters. The monoisotopic (exact) mass is 284 g/mol. The lowest BCUT2D eigenvalue weighted by Gasteiger charge is -2.26. The molecule has 112 valence electrons. The molecule has 1 heterocycles. The highest BCUT2D eigenvalue weighted by atomic mass is 16.3. The van der Waals surface area contributed by atoms with Gasteiger partial charge in [-0.2, -0.15) is 0 Å². The van der Waals surface area contributed by atoms with Crippen LogP contribution in [0.2, 0.25) is 0 Å². The Kier molecular flexibility index (Phi) is 4.28. The van der Waals surface area contributed by atoms with Gasteiger partial charge in [-0.25, -0.2) is 4.98 Å². The number of nitrogens with zero attached hydrogens (tertiary/aromatic N) is 1. The number of hydrogen-bond acceptors (Lipinski definition) is 3. The smallest absolute Gasteiger partial charge is 0.133 e. The Morgan fingerprint density at radius 2 is 2.00 bits per heavy atom. The van der Waals surface area contributed by atoms with Crippen LogP contribution < -0.4 is 5.32 Å². The fraction of sp³-hybridized carbons (Fsp3) is 0.500. The molecule has 21 heavy (non-hydrogen) atoms. The molecule has 0 saturated heterocycles. The summed E-state index contributed by atoms with van der Waals surface area (Å²) in [6, 6.07) is 7.41. The van der Waals surface area contributed by atoms with Crippen LogP contribution in [0.15, 0.2) is 30.5 Å². The summed E-state index contributed by atoms with van der Waals surface area (Å²) in [5, 5.41) is 15.2. The first kappa shape index (κ1) is 14.2. The Morgan fingerprint density at radius 3 is 2.81 bits per heavy atom. The zero-order chi connectivity index (χ0) is 14.7. The molecule has 1 fully saturated rings. The first-order valence-corrected chi connectivity index (χ1v) is 8.04. The number of phenolic OH excluding ortho intramolecular Hbond substituents is 1. The molecule has 1 aromatic carbocycles. The lowest BCUT2D eigenvalue weighted by Crippen LogP contribution is -2.16. The van der Waals surface area contributed by atoms with Crippen LogP contribution in [-0.4, -0.2) is 16.6 Å². The first-order valence-electron chi connectivity index (χ1n) is 8.04. The summed E-state index contributed by atoms with van der Waals surface area (Å²) in [4.78, 5) is 4.42. The molecule has 0 radical (unpaired) electrons. The van der Waals surface area contributed by atoms with Gasteiger partial charge in [-0.05, 0) is 41.8 Å². The quantitative estimate of drug-likeness (QED) is 0.864. The molecule has 0 aliphatic heterocycles. The summed E-state index contributed by atoms with van der Waals surface area (Å²) in [7, 11) is 0. The van der Waals surface area contributed by atoms with Crippen LogP contribution in [0.5, 0.6) is 5.75 Å². The van der Waals surface area contributed by atoms with Crippen molar-refractivity contribution >= 4 is 16.6 Å². The molecule has 2 N–H and O–H groups in total. The predicted molar refractivity (Wildman–Crippen MR) is 87.6 cm³/mol. The molecular weight excluding hydrogens is 260 g/mol. The van der Waals surface area contributed by atoms with E-state index < -0.39 is 0 Å². The van der Waals surface area contributed by atoms with Gasteiger partial charge < -0.3 is 10.4 Å². The Labute approximate surface area is 126 Å². The van der Waals surface area contributed by atoms with E-state index in [2.05, 4.69) is 17.2 Å². The Bertz CT molecular complexity index is 603. The van der Waals surface area contributed by atoms with Gasteiger partial charge in [0.05, 0.1) is 0 Å². The fourth-order valence-corrected chi connectivity index (χ4v) is 3.31. The summed E-state index contributed by atoms with van der Waals surface area (Å²) < 4.78 is 0. The minimum absolute atomic E-state index is 0.291. The van der Waals surface area contributed by atoms with Gasteiger partial charge in [-0.1, -0.05) is 38.7 Å². The van der Waals surface area contributed by atoms with Crippen LogP contribution >= 0.6 is 0 Å². The predicted octanol–water partition coefficient (Wildman–Crippen LogP) is 4.57. The number of aromatic hydroxyl groups is 1. The van der Waals surface area contributed by atoms with Crippen molar-refractivity contribution in [1.29, 1.82) is 0 Å². The number of aromatic nitrogens is 1. The van der Waals surface area contributed by atoms with Crippen LogP contribution in [0.1, 0.15) is 39.0 Å².